The number of carboxylic acid groups (broad SMARTS) is 1. The maximum absolute atomic E-state index is 12.2. The third-order valence-electron chi connectivity index (χ3n) is 4.72. The Bertz CT molecular complexity index is 380. The fourth-order valence-corrected chi connectivity index (χ4v) is 3.20. The third kappa shape index (κ3) is 3.87. The van der Waals surface area contributed by atoms with Crippen LogP contribution in [0.5, 0.6) is 0 Å². The van der Waals surface area contributed by atoms with Crippen molar-refractivity contribution in [3.05, 3.63) is 0 Å². The number of morpholine rings is 1. The molecule has 6 nitrogen and oxygen atoms in total. The predicted molar refractivity (Wildman–Crippen MR) is 78.2 cm³/mol. The lowest BCUT2D eigenvalue weighted by molar-refractivity contribution is -0.150. The number of hydrogen-bond acceptors (Lipinski definition) is 3. The van der Waals surface area contributed by atoms with Gasteiger partial charge >= 0.3 is 12.0 Å². The van der Waals surface area contributed by atoms with E-state index in [0.29, 0.717) is 32.5 Å². The molecule has 1 atom stereocenters. The molecular formula is C15H26N2O4. The second-order valence-electron chi connectivity index (χ2n) is 6.15. The van der Waals surface area contributed by atoms with Crippen molar-refractivity contribution in [2.75, 3.05) is 26.2 Å². The van der Waals surface area contributed by atoms with Crippen LogP contribution < -0.4 is 5.32 Å². The summed E-state index contributed by atoms with van der Waals surface area (Å²) in [5.41, 5.74) is -0.773. The van der Waals surface area contributed by atoms with Crippen LogP contribution in [0.15, 0.2) is 0 Å². The molecule has 0 radical (unpaired) electrons. The molecule has 0 bridgehead atoms. The summed E-state index contributed by atoms with van der Waals surface area (Å²) in [7, 11) is 0. The van der Waals surface area contributed by atoms with Crippen molar-refractivity contribution in [2.45, 2.75) is 51.6 Å². The average Bonchev–Trinajstić information content (AvgIpc) is 2.53. The molecule has 2 fully saturated rings. The molecule has 2 N–H and O–H groups in total. The lowest BCUT2D eigenvalue weighted by Gasteiger charge is -2.36. The summed E-state index contributed by atoms with van der Waals surface area (Å²) in [4.78, 5) is 25.5. The van der Waals surface area contributed by atoms with Gasteiger partial charge in [-0.05, 0) is 19.3 Å². The summed E-state index contributed by atoms with van der Waals surface area (Å²) in [6.45, 7) is 3.98. The molecule has 21 heavy (non-hydrogen) atoms. The van der Waals surface area contributed by atoms with Gasteiger partial charge in [0.1, 0.15) is 0 Å². The lowest BCUT2D eigenvalue weighted by atomic mass is 9.74. The number of carboxylic acids is 1. The molecule has 2 aliphatic rings. The van der Waals surface area contributed by atoms with E-state index >= 15 is 0 Å². The van der Waals surface area contributed by atoms with Crippen molar-refractivity contribution >= 4 is 12.0 Å². The Morgan fingerprint density at radius 2 is 2.05 bits per heavy atom. The van der Waals surface area contributed by atoms with Crippen LogP contribution in [-0.2, 0) is 9.53 Å². The van der Waals surface area contributed by atoms with Crippen LogP contribution >= 0.6 is 0 Å². The largest absolute Gasteiger partial charge is 0.481 e. The fraction of sp³-hybridized carbons (Fsp3) is 0.867. The maximum atomic E-state index is 12.2. The molecule has 6 heteroatoms. The van der Waals surface area contributed by atoms with E-state index in [0.717, 1.165) is 25.7 Å². The van der Waals surface area contributed by atoms with E-state index in [1.807, 2.05) is 6.92 Å². The molecule has 0 aromatic rings. The molecule has 1 saturated heterocycles. The zero-order valence-electron chi connectivity index (χ0n) is 12.8. The molecule has 120 valence electrons. The van der Waals surface area contributed by atoms with Crippen molar-refractivity contribution in [1.29, 1.82) is 0 Å². The number of amides is 2. The Kier molecular flexibility index (Phi) is 5.45. The van der Waals surface area contributed by atoms with Crippen LogP contribution in [0.2, 0.25) is 0 Å². The first-order valence-corrected chi connectivity index (χ1v) is 7.95. The van der Waals surface area contributed by atoms with Crippen molar-refractivity contribution in [2.24, 2.45) is 5.41 Å². The topological polar surface area (TPSA) is 78.9 Å². The van der Waals surface area contributed by atoms with E-state index in [9.17, 15) is 14.7 Å². The number of hydrogen-bond donors (Lipinski definition) is 2. The molecular weight excluding hydrogens is 272 g/mol. The summed E-state index contributed by atoms with van der Waals surface area (Å²) in [6, 6.07) is -0.164. The number of nitrogens with one attached hydrogen (secondary N) is 1. The van der Waals surface area contributed by atoms with Crippen LogP contribution in [0.25, 0.3) is 0 Å². The van der Waals surface area contributed by atoms with Gasteiger partial charge in [0.15, 0.2) is 0 Å². The van der Waals surface area contributed by atoms with E-state index in [2.05, 4.69) is 5.32 Å². The number of ether oxygens (including phenoxy) is 1. The predicted octanol–water partition coefficient (Wildman–Crippen LogP) is 1.84. The van der Waals surface area contributed by atoms with Crippen molar-refractivity contribution in [3.63, 3.8) is 0 Å². The monoisotopic (exact) mass is 298 g/mol. The minimum atomic E-state index is -0.782. The summed E-state index contributed by atoms with van der Waals surface area (Å²) in [6.07, 6.45) is 5.22. The normalized spacial score (nSPS) is 25.4. The van der Waals surface area contributed by atoms with Gasteiger partial charge in [-0.25, -0.2) is 4.79 Å². The highest BCUT2D eigenvalue weighted by atomic mass is 16.5. The van der Waals surface area contributed by atoms with E-state index < -0.39 is 11.4 Å². The molecule has 1 heterocycles. The van der Waals surface area contributed by atoms with Crippen LogP contribution in [0.1, 0.15) is 45.4 Å². The van der Waals surface area contributed by atoms with Gasteiger partial charge in [-0.1, -0.05) is 26.2 Å². The molecule has 2 rings (SSSR count). The van der Waals surface area contributed by atoms with Gasteiger partial charge in [0.05, 0.1) is 18.1 Å². The number of rotatable bonds is 4. The first kappa shape index (κ1) is 16.1. The quantitative estimate of drug-likeness (QED) is 0.830. The number of urea groups is 1. The third-order valence-corrected chi connectivity index (χ3v) is 4.72. The van der Waals surface area contributed by atoms with Crippen LogP contribution in [0.4, 0.5) is 4.79 Å². The standard InChI is InChI=1S/C15H26N2O4/c1-2-12-10-17(8-9-21-12)14(20)16-11-15(13(18)19)6-4-3-5-7-15/h12H,2-11H2,1H3,(H,16,20)(H,18,19). The van der Waals surface area contributed by atoms with Gasteiger partial charge in [-0.3, -0.25) is 4.79 Å². The summed E-state index contributed by atoms with van der Waals surface area (Å²) >= 11 is 0. The number of aliphatic carboxylic acids is 1. The molecule has 1 saturated carbocycles. The number of nitrogens with zero attached hydrogens (tertiary/aromatic N) is 1. The van der Waals surface area contributed by atoms with E-state index in [4.69, 9.17) is 4.74 Å². The van der Waals surface area contributed by atoms with Gasteiger partial charge in [-0.2, -0.15) is 0 Å². The highest BCUT2D eigenvalue weighted by molar-refractivity contribution is 5.78. The first-order valence-electron chi connectivity index (χ1n) is 7.95. The Balaban J connectivity index is 1.88. The van der Waals surface area contributed by atoms with Gasteiger partial charge in [-0.15, -0.1) is 0 Å². The van der Waals surface area contributed by atoms with Gasteiger partial charge in [0.25, 0.3) is 0 Å². The van der Waals surface area contributed by atoms with Crippen molar-refractivity contribution in [3.8, 4) is 0 Å². The Morgan fingerprint density at radius 3 is 2.67 bits per heavy atom. The highest BCUT2D eigenvalue weighted by Crippen LogP contribution is 2.36. The SMILES string of the molecule is CCC1CN(C(=O)NCC2(C(=O)O)CCCCC2)CCO1. The highest BCUT2D eigenvalue weighted by Gasteiger charge is 2.40. The molecule has 1 unspecified atom stereocenters. The lowest BCUT2D eigenvalue weighted by Crippen LogP contribution is -2.52. The molecule has 2 amide bonds. The first-order chi connectivity index (χ1) is 10.1. The van der Waals surface area contributed by atoms with Gasteiger partial charge < -0.3 is 20.1 Å². The summed E-state index contributed by atoms with van der Waals surface area (Å²) in [5, 5.41) is 12.3. The second kappa shape index (κ2) is 7.11. The Morgan fingerprint density at radius 1 is 1.33 bits per heavy atom. The zero-order valence-corrected chi connectivity index (χ0v) is 12.8. The number of carbonyl (C=O) groups is 2. The zero-order chi connectivity index (χ0) is 15.3. The van der Waals surface area contributed by atoms with Gasteiger partial charge in [0, 0.05) is 19.6 Å². The van der Waals surface area contributed by atoms with Crippen molar-refractivity contribution in [1.82, 2.24) is 10.2 Å². The Labute approximate surface area is 125 Å². The minimum absolute atomic E-state index is 0.0904. The summed E-state index contributed by atoms with van der Waals surface area (Å²) < 4.78 is 5.54. The van der Waals surface area contributed by atoms with Crippen molar-refractivity contribution < 1.29 is 19.4 Å². The smallest absolute Gasteiger partial charge is 0.317 e. The van der Waals surface area contributed by atoms with Gasteiger partial charge in [0.2, 0.25) is 0 Å². The molecule has 1 aliphatic carbocycles. The minimum Gasteiger partial charge on any atom is -0.481 e. The van der Waals surface area contributed by atoms with Crippen LogP contribution in [0.3, 0.4) is 0 Å². The Hall–Kier alpha value is -1.30. The maximum Gasteiger partial charge on any atom is 0.317 e. The van der Waals surface area contributed by atoms with E-state index in [1.165, 1.54) is 0 Å². The average molecular weight is 298 g/mol. The summed E-state index contributed by atoms with van der Waals surface area (Å²) in [5.74, 6) is -0.782. The molecule has 0 spiro atoms. The number of carbonyl (C=O) groups excluding carboxylic acids is 1. The fourth-order valence-electron chi connectivity index (χ4n) is 3.20. The second-order valence-corrected chi connectivity index (χ2v) is 6.15. The molecule has 0 aromatic heterocycles. The van der Waals surface area contributed by atoms with Crippen LogP contribution in [0, 0.1) is 5.41 Å². The van der Waals surface area contributed by atoms with Crippen LogP contribution in [-0.4, -0.2) is 54.4 Å². The molecule has 0 aromatic carbocycles. The van der Waals surface area contributed by atoms with E-state index in [1.54, 1.807) is 4.90 Å². The van der Waals surface area contributed by atoms with E-state index in [-0.39, 0.29) is 18.7 Å². The molecule has 1 aliphatic heterocycles.